The zero-order valence-corrected chi connectivity index (χ0v) is 22.0. The first-order valence-corrected chi connectivity index (χ1v) is 13.3. The Hall–Kier alpha value is -4.38. The largest absolute Gasteiger partial charge is 0.394 e. The number of amides is 2. The van der Waals surface area contributed by atoms with Crippen molar-refractivity contribution in [3.8, 4) is 11.8 Å². The maximum absolute atomic E-state index is 13.3. The van der Waals surface area contributed by atoms with E-state index in [1.165, 1.54) is 18.4 Å². The first-order chi connectivity index (χ1) is 19.0. The number of carbonyl (C=O) groups excluding carboxylic acids is 2. The molecule has 39 heavy (non-hydrogen) atoms. The topological polar surface area (TPSA) is 93.7 Å². The molecule has 7 heteroatoms. The molecule has 1 saturated heterocycles. The molecule has 2 amide bonds. The molecule has 3 aromatic rings. The van der Waals surface area contributed by atoms with Gasteiger partial charge in [0.05, 0.1) is 29.6 Å². The van der Waals surface area contributed by atoms with Crippen molar-refractivity contribution < 1.29 is 14.7 Å². The average Bonchev–Trinajstić information content (AvgIpc) is 3.58. The number of aliphatic hydroxyl groups is 1. The van der Waals surface area contributed by atoms with E-state index in [2.05, 4.69) is 57.0 Å². The molecule has 0 aromatic heterocycles. The van der Waals surface area contributed by atoms with Crippen LogP contribution < -0.4 is 16.0 Å². The van der Waals surface area contributed by atoms with Crippen LogP contribution >= 0.6 is 0 Å². The monoisotopic (exact) mass is 520 g/mol. The third-order valence-corrected chi connectivity index (χ3v) is 6.88. The van der Waals surface area contributed by atoms with Crippen LogP contribution in [0.15, 0.2) is 72.8 Å². The molecule has 0 radical (unpaired) electrons. The zero-order valence-electron chi connectivity index (χ0n) is 22.0. The van der Waals surface area contributed by atoms with Gasteiger partial charge in [-0.15, -0.1) is 0 Å². The lowest BCUT2D eigenvalue weighted by Crippen LogP contribution is -2.33. The van der Waals surface area contributed by atoms with Crippen molar-refractivity contribution in [2.45, 2.75) is 32.4 Å². The summed E-state index contributed by atoms with van der Waals surface area (Å²) in [7, 11) is 0. The summed E-state index contributed by atoms with van der Waals surface area (Å²) in [6.45, 7) is 4.80. The highest BCUT2D eigenvalue weighted by Gasteiger charge is 2.28. The highest BCUT2D eigenvalue weighted by molar-refractivity contribution is 6.37. The predicted octanol–water partition coefficient (Wildman–Crippen LogP) is 4.06. The van der Waals surface area contributed by atoms with Gasteiger partial charge in [0.1, 0.15) is 0 Å². The fraction of sp³-hybridized carbons (Fsp3) is 0.250. The summed E-state index contributed by atoms with van der Waals surface area (Å²) in [6, 6.07) is 23.3. The molecule has 2 heterocycles. The van der Waals surface area contributed by atoms with Gasteiger partial charge in [-0.3, -0.25) is 14.5 Å². The smallest absolute Gasteiger partial charge is 0.296 e. The molecule has 0 aliphatic carbocycles. The van der Waals surface area contributed by atoms with Crippen LogP contribution in [0.4, 0.5) is 11.4 Å². The number of fused-ring (bicyclic) bond motifs is 1. The Morgan fingerprint density at radius 2 is 1.79 bits per heavy atom. The zero-order chi connectivity index (χ0) is 27.2. The van der Waals surface area contributed by atoms with Crippen LogP contribution in [-0.4, -0.2) is 47.6 Å². The fourth-order valence-corrected chi connectivity index (χ4v) is 4.85. The van der Waals surface area contributed by atoms with Crippen molar-refractivity contribution in [2.24, 2.45) is 0 Å². The minimum atomic E-state index is -0.469. The maximum Gasteiger partial charge on any atom is 0.296 e. The second-order valence-corrected chi connectivity index (χ2v) is 9.94. The van der Waals surface area contributed by atoms with Crippen molar-refractivity contribution in [3.05, 3.63) is 95.1 Å². The first kappa shape index (κ1) is 26.2. The summed E-state index contributed by atoms with van der Waals surface area (Å²) < 4.78 is 0. The lowest BCUT2D eigenvalue weighted by Gasteiger charge is -2.17. The lowest BCUT2D eigenvalue weighted by atomic mass is 9.99. The third-order valence-electron chi connectivity index (χ3n) is 6.88. The van der Waals surface area contributed by atoms with Crippen LogP contribution in [0.2, 0.25) is 0 Å². The molecule has 0 bridgehead atoms. The van der Waals surface area contributed by atoms with Crippen LogP contribution in [0, 0.1) is 11.8 Å². The standard InChI is InChI=1S/C32H32N4O3/c1-22(21-37)33-29(38)16-12-23-11-15-27-28(19-23)35-32(39)30(27)31(25-7-3-2-4-8-25)34-26-13-9-24(10-14-26)20-36-17-5-6-18-36/h2-4,7-11,13-15,19,22,34,37H,5-6,17-18,20-21H2,1H3,(H,33,38)(H,35,39)/b31-30-/t22-/m1/s1. The average molecular weight is 521 g/mol. The number of hydrogen-bond acceptors (Lipinski definition) is 5. The normalized spacial score (nSPS) is 16.5. The Bertz CT molecular complexity index is 1450. The minimum Gasteiger partial charge on any atom is -0.394 e. The van der Waals surface area contributed by atoms with Gasteiger partial charge in [0.25, 0.3) is 11.8 Å². The maximum atomic E-state index is 13.3. The molecule has 1 atom stereocenters. The Balaban J connectivity index is 1.43. The Morgan fingerprint density at radius 3 is 2.51 bits per heavy atom. The van der Waals surface area contributed by atoms with Gasteiger partial charge >= 0.3 is 0 Å². The quantitative estimate of drug-likeness (QED) is 0.279. The Morgan fingerprint density at radius 1 is 1.05 bits per heavy atom. The number of hydrogen-bond donors (Lipinski definition) is 4. The van der Waals surface area contributed by atoms with Gasteiger partial charge in [-0.25, -0.2) is 0 Å². The lowest BCUT2D eigenvalue weighted by molar-refractivity contribution is -0.116. The Labute approximate surface area is 228 Å². The van der Waals surface area contributed by atoms with Crippen molar-refractivity contribution in [2.75, 3.05) is 30.3 Å². The first-order valence-electron chi connectivity index (χ1n) is 13.3. The molecule has 2 aliphatic rings. The number of nitrogens with one attached hydrogen (secondary N) is 3. The number of carbonyl (C=O) groups is 2. The molecular formula is C32H32N4O3. The van der Waals surface area contributed by atoms with E-state index in [1.54, 1.807) is 19.1 Å². The molecule has 1 fully saturated rings. The molecule has 2 aliphatic heterocycles. The highest BCUT2D eigenvalue weighted by atomic mass is 16.3. The Kier molecular flexibility index (Phi) is 8.07. The molecule has 0 saturated carbocycles. The van der Waals surface area contributed by atoms with Crippen LogP contribution in [0.3, 0.4) is 0 Å². The number of anilines is 2. The van der Waals surface area contributed by atoms with Crippen molar-refractivity contribution >= 4 is 34.5 Å². The summed E-state index contributed by atoms with van der Waals surface area (Å²) in [6.07, 6.45) is 2.54. The van der Waals surface area contributed by atoms with Crippen LogP contribution in [-0.2, 0) is 16.1 Å². The fourth-order valence-electron chi connectivity index (χ4n) is 4.85. The van der Waals surface area contributed by atoms with E-state index in [-0.39, 0.29) is 18.6 Å². The van der Waals surface area contributed by atoms with E-state index < -0.39 is 5.91 Å². The number of likely N-dealkylation sites (tertiary alicyclic amines) is 1. The summed E-state index contributed by atoms with van der Waals surface area (Å²) in [5.41, 5.74) is 6.34. The molecular weight excluding hydrogens is 488 g/mol. The summed E-state index contributed by atoms with van der Waals surface area (Å²) in [4.78, 5) is 27.7. The molecule has 0 unspecified atom stereocenters. The van der Waals surface area contributed by atoms with Gasteiger partial charge in [-0.2, -0.15) is 0 Å². The SMILES string of the molecule is C[C@H](CO)NC(=O)C#Cc1ccc2c(c1)NC(=O)/C2=C(\Nc1ccc(CN2CCCC2)cc1)c1ccccc1. The van der Waals surface area contributed by atoms with Gasteiger partial charge in [-0.1, -0.05) is 54.5 Å². The van der Waals surface area contributed by atoms with E-state index in [0.717, 1.165) is 42.1 Å². The van der Waals surface area contributed by atoms with E-state index in [4.69, 9.17) is 5.11 Å². The van der Waals surface area contributed by atoms with E-state index in [0.29, 0.717) is 16.8 Å². The molecule has 0 spiro atoms. The second kappa shape index (κ2) is 12.0. The highest BCUT2D eigenvalue weighted by Crippen LogP contribution is 2.38. The number of benzene rings is 3. The van der Waals surface area contributed by atoms with E-state index in [9.17, 15) is 9.59 Å². The predicted molar refractivity (Wildman–Crippen MR) is 154 cm³/mol. The second-order valence-electron chi connectivity index (χ2n) is 9.94. The molecule has 198 valence electrons. The van der Waals surface area contributed by atoms with Crippen LogP contribution in [0.5, 0.6) is 0 Å². The summed E-state index contributed by atoms with van der Waals surface area (Å²) in [5, 5.41) is 18.2. The minimum absolute atomic E-state index is 0.159. The summed E-state index contributed by atoms with van der Waals surface area (Å²) in [5.74, 6) is 4.69. The van der Waals surface area contributed by atoms with Crippen LogP contribution in [0.1, 0.15) is 42.0 Å². The van der Waals surface area contributed by atoms with Crippen molar-refractivity contribution in [3.63, 3.8) is 0 Å². The van der Waals surface area contributed by atoms with Crippen molar-refractivity contribution in [1.29, 1.82) is 0 Å². The van der Waals surface area contributed by atoms with E-state index in [1.807, 2.05) is 36.4 Å². The number of nitrogens with zero attached hydrogens (tertiary/aromatic N) is 1. The molecule has 5 rings (SSSR count). The molecule has 3 aromatic carbocycles. The molecule has 4 N–H and O–H groups in total. The molecule has 7 nitrogen and oxygen atoms in total. The van der Waals surface area contributed by atoms with Gasteiger partial charge in [0.2, 0.25) is 0 Å². The number of rotatable bonds is 7. The van der Waals surface area contributed by atoms with Gasteiger partial charge in [-0.05, 0) is 68.2 Å². The number of aliphatic hydroxyl groups excluding tert-OH is 1. The van der Waals surface area contributed by atoms with Crippen LogP contribution in [0.25, 0.3) is 11.3 Å². The van der Waals surface area contributed by atoms with Gasteiger partial charge in [0, 0.05) is 29.3 Å². The van der Waals surface area contributed by atoms with Crippen molar-refractivity contribution in [1.82, 2.24) is 10.2 Å². The van der Waals surface area contributed by atoms with Gasteiger partial charge in [0.15, 0.2) is 0 Å². The van der Waals surface area contributed by atoms with Gasteiger partial charge < -0.3 is 21.1 Å². The van der Waals surface area contributed by atoms with E-state index >= 15 is 0 Å². The third kappa shape index (κ3) is 6.37. The summed E-state index contributed by atoms with van der Waals surface area (Å²) >= 11 is 0.